The molecule has 1 aromatic heterocycles. The van der Waals surface area contributed by atoms with Gasteiger partial charge in [-0.1, -0.05) is 18.2 Å². The van der Waals surface area contributed by atoms with E-state index in [0.717, 1.165) is 16.5 Å². The number of nitrogens with two attached hydrogens (primary N) is 1. The van der Waals surface area contributed by atoms with Crippen LogP contribution in [-0.2, 0) is 0 Å². The van der Waals surface area contributed by atoms with E-state index in [2.05, 4.69) is 9.97 Å². The first kappa shape index (κ1) is 15.5. The fourth-order valence-electron chi connectivity index (χ4n) is 2.54. The minimum Gasteiger partial charge on any atom is -0.497 e. The zero-order chi connectivity index (χ0) is 16.4. The van der Waals surface area contributed by atoms with E-state index in [-0.39, 0.29) is 5.28 Å². The summed E-state index contributed by atoms with van der Waals surface area (Å²) in [5, 5.41) is 1.02. The van der Waals surface area contributed by atoms with Gasteiger partial charge < -0.3 is 15.2 Å². The van der Waals surface area contributed by atoms with Crippen LogP contribution < -0.4 is 15.2 Å². The van der Waals surface area contributed by atoms with Crippen LogP contribution in [0.5, 0.6) is 11.5 Å². The lowest BCUT2D eigenvalue weighted by Crippen LogP contribution is -2.16. The number of hydrogen-bond acceptors (Lipinski definition) is 5. The van der Waals surface area contributed by atoms with Gasteiger partial charge in [0.15, 0.2) is 0 Å². The number of halogens is 1. The molecule has 118 valence electrons. The molecule has 0 fully saturated rings. The molecule has 0 aliphatic rings. The predicted molar refractivity (Wildman–Crippen MR) is 90.1 cm³/mol. The smallest absolute Gasteiger partial charge is 0.223 e. The first-order chi connectivity index (χ1) is 11.1. The molecule has 1 atom stereocenters. The van der Waals surface area contributed by atoms with Gasteiger partial charge >= 0.3 is 0 Å². The van der Waals surface area contributed by atoms with Gasteiger partial charge in [-0.3, -0.25) is 0 Å². The molecule has 3 aromatic rings. The molecule has 0 bridgehead atoms. The monoisotopic (exact) mass is 329 g/mol. The second-order valence-corrected chi connectivity index (χ2v) is 5.32. The van der Waals surface area contributed by atoms with Crippen molar-refractivity contribution in [1.29, 1.82) is 0 Å². The van der Waals surface area contributed by atoms with Crippen molar-refractivity contribution < 1.29 is 9.47 Å². The highest BCUT2D eigenvalue weighted by Gasteiger charge is 2.20. The van der Waals surface area contributed by atoms with E-state index in [1.54, 1.807) is 14.2 Å². The van der Waals surface area contributed by atoms with Crippen LogP contribution in [0.15, 0.2) is 42.5 Å². The topological polar surface area (TPSA) is 70.3 Å². The molecule has 2 N–H and O–H groups in total. The molecule has 0 spiro atoms. The van der Waals surface area contributed by atoms with Crippen molar-refractivity contribution in [3.63, 3.8) is 0 Å². The fourth-order valence-corrected chi connectivity index (χ4v) is 2.72. The molecule has 0 radical (unpaired) electrons. The van der Waals surface area contributed by atoms with Crippen LogP contribution in [0, 0.1) is 0 Å². The van der Waals surface area contributed by atoms with Crippen molar-refractivity contribution in [2.45, 2.75) is 6.04 Å². The second kappa shape index (κ2) is 6.40. The van der Waals surface area contributed by atoms with Gasteiger partial charge in [0.2, 0.25) is 5.28 Å². The molecular formula is C17H16ClN3O2. The van der Waals surface area contributed by atoms with Crippen molar-refractivity contribution in [3.05, 3.63) is 59.0 Å². The van der Waals surface area contributed by atoms with Crippen LogP contribution in [0.4, 0.5) is 0 Å². The Bertz CT molecular complexity index is 854. The number of fused-ring (bicyclic) bond motifs is 1. The third-order valence-corrected chi connectivity index (χ3v) is 3.84. The van der Waals surface area contributed by atoms with Crippen LogP contribution in [0.25, 0.3) is 10.9 Å². The molecule has 0 aliphatic carbocycles. The summed E-state index contributed by atoms with van der Waals surface area (Å²) in [5.74, 6) is 1.36. The van der Waals surface area contributed by atoms with Crippen LogP contribution in [-0.4, -0.2) is 24.2 Å². The first-order valence-corrected chi connectivity index (χ1v) is 7.41. The Labute approximate surface area is 139 Å². The summed E-state index contributed by atoms with van der Waals surface area (Å²) in [5.41, 5.74) is 8.63. The Morgan fingerprint density at radius 2 is 1.83 bits per heavy atom. The number of para-hydroxylation sites is 1. The average Bonchev–Trinajstić information content (AvgIpc) is 2.59. The van der Waals surface area contributed by atoms with Gasteiger partial charge in [0.25, 0.3) is 0 Å². The number of methoxy groups -OCH3 is 2. The predicted octanol–water partition coefficient (Wildman–Crippen LogP) is 3.35. The lowest BCUT2D eigenvalue weighted by atomic mass is 9.99. The summed E-state index contributed by atoms with van der Waals surface area (Å²) in [6.07, 6.45) is 0. The van der Waals surface area contributed by atoms with Crippen molar-refractivity contribution >= 4 is 22.5 Å². The van der Waals surface area contributed by atoms with Crippen molar-refractivity contribution in [1.82, 2.24) is 9.97 Å². The highest BCUT2D eigenvalue weighted by molar-refractivity contribution is 6.28. The van der Waals surface area contributed by atoms with Gasteiger partial charge in [-0.25, -0.2) is 9.97 Å². The third kappa shape index (κ3) is 2.93. The maximum Gasteiger partial charge on any atom is 0.223 e. The molecule has 5 nitrogen and oxygen atoms in total. The minimum atomic E-state index is -0.523. The van der Waals surface area contributed by atoms with E-state index >= 15 is 0 Å². The second-order valence-electron chi connectivity index (χ2n) is 4.98. The molecular weight excluding hydrogens is 314 g/mol. The fraction of sp³-hybridized carbons (Fsp3) is 0.176. The number of benzene rings is 2. The van der Waals surface area contributed by atoms with Gasteiger partial charge in [0.05, 0.1) is 31.5 Å². The van der Waals surface area contributed by atoms with Crippen molar-refractivity contribution in [2.24, 2.45) is 5.73 Å². The van der Waals surface area contributed by atoms with Crippen LogP contribution in [0.3, 0.4) is 0 Å². The molecule has 0 amide bonds. The van der Waals surface area contributed by atoms with Gasteiger partial charge in [0, 0.05) is 10.9 Å². The molecule has 6 heteroatoms. The minimum absolute atomic E-state index is 0.163. The quantitative estimate of drug-likeness (QED) is 0.743. The zero-order valence-corrected chi connectivity index (χ0v) is 13.5. The Hall–Kier alpha value is -2.37. The summed E-state index contributed by atoms with van der Waals surface area (Å²) >= 11 is 6.05. The van der Waals surface area contributed by atoms with E-state index in [1.807, 2.05) is 42.5 Å². The summed E-state index contributed by atoms with van der Waals surface area (Å²) in [6, 6.07) is 12.6. The van der Waals surface area contributed by atoms with Crippen LogP contribution >= 0.6 is 11.6 Å². The zero-order valence-electron chi connectivity index (χ0n) is 12.8. The van der Waals surface area contributed by atoms with Crippen LogP contribution in [0.1, 0.15) is 17.3 Å². The van der Waals surface area contributed by atoms with E-state index < -0.39 is 6.04 Å². The summed E-state index contributed by atoms with van der Waals surface area (Å²) in [4.78, 5) is 8.57. The Morgan fingerprint density at radius 3 is 2.57 bits per heavy atom. The Balaban J connectivity index is 2.19. The van der Waals surface area contributed by atoms with Gasteiger partial charge in [-0.05, 0) is 35.9 Å². The van der Waals surface area contributed by atoms with Crippen molar-refractivity contribution in [2.75, 3.05) is 14.2 Å². The standard InChI is InChI=1S/C17H16ClN3O2/c1-22-10-7-8-14(23-2)12(9-10)15(19)16-11-5-3-4-6-13(11)20-17(18)21-16/h3-9,15H,19H2,1-2H3. The highest BCUT2D eigenvalue weighted by atomic mass is 35.5. The first-order valence-electron chi connectivity index (χ1n) is 7.03. The molecule has 1 heterocycles. The number of rotatable bonds is 4. The van der Waals surface area contributed by atoms with E-state index in [1.165, 1.54) is 0 Å². The maximum atomic E-state index is 6.47. The Kier molecular flexibility index (Phi) is 4.32. The number of hydrogen-bond donors (Lipinski definition) is 1. The molecule has 0 aliphatic heterocycles. The van der Waals surface area contributed by atoms with Crippen LogP contribution in [0.2, 0.25) is 5.28 Å². The number of nitrogens with zero attached hydrogens (tertiary/aromatic N) is 2. The van der Waals surface area contributed by atoms with E-state index in [9.17, 15) is 0 Å². The Morgan fingerprint density at radius 1 is 1.04 bits per heavy atom. The summed E-state index contributed by atoms with van der Waals surface area (Å²) in [7, 11) is 3.21. The van der Waals surface area contributed by atoms with Gasteiger partial charge in [0.1, 0.15) is 11.5 Å². The average molecular weight is 330 g/mol. The molecule has 3 rings (SSSR count). The van der Waals surface area contributed by atoms with E-state index in [4.69, 9.17) is 26.8 Å². The highest BCUT2D eigenvalue weighted by Crippen LogP contribution is 2.33. The summed E-state index contributed by atoms with van der Waals surface area (Å²) in [6.45, 7) is 0. The number of ether oxygens (including phenoxy) is 2. The maximum absolute atomic E-state index is 6.47. The lowest BCUT2D eigenvalue weighted by Gasteiger charge is -2.18. The molecule has 2 aromatic carbocycles. The van der Waals surface area contributed by atoms with E-state index in [0.29, 0.717) is 17.2 Å². The molecule has 23 heavy (non-hydrogen) atoms. The normalized spacial score (nSPS) is 12.2. The summed E-state index contributed by atoms with van der Waals surface area (Å²) < 4.78 is 10.7. The molecule has 0 saturated heterocycles. The molecule has 0 saturated carbocycles. The van der Waals surface area contributed by atoms with Gasteiger partial charge in [-0.15, -0.1) is 0 Å². The molecule has 1 unspecified atom stereocenters. The lowest BCUT2D eigenvalue weighted by molar-refractivity contribution is 0.397. The number of aromatic nitrogens is 2. The van der Waals surface area contributed by atoms with Crippen molar-refractivity contribution in [3.8, 4) is 11.5 Å². The SMILES string of the molecule is COc1ccc(OC)c(C(N)c2nc(Cl)nc3ccccc23)c1. The van der Waals surface area contributed by atoms with Gasteiger partial charge in [-0.2, -0.15) is 0 Å². The largest absolute Gasteiger partial charge is 0.497 e. The third-order valence-electron chi connectivity index (χ3n) is 3.67.